The van der Waals surface area contributed by atoms with Gasteiger partial charge in [-0.05, 0) is 62.6 Å². The maximum Gasteiger partial charge on any atom is 0.135 e. The first-order valence-electron chi connectivity index (χ1n) is 11.3. The van der Waals surface area contributed by atoms with Crippen LogP contribution in [0.2, 0.25) is 0 Å². The van der Waals surface area contributed by atoms with Gasteiger partial charge in [0, 0.05) is 49.8 Å². The number of hydrogen-bond acceptors (Lipinski definition) is 3. The molecule has 0 saturated carbocycles. The number of rotatable bonds is 4. The minimum absolute atomic E-state index is 0. The molecule has 6 aromatic rings. The molecule has 0 radical (unpaired) electrons. The molecule has 0 aliphatic heterocycles. The third kappa shape index (κ3) is 4.17. The summed E-state index contributed by atoms with van der Waals surface area (Å²) in [5.41, 5.74) is 6.03. The first-order valence-corrected chi connectivity index (χ1v) is 11.3. The Labute approximate surface area is 218 Å². The number of para-hydroxylation sites is 1. The van der Waals surface area contributed by atoms with Crippen molar-refractivity contribution in [3.63, 3.8) is 0 Å². The molecule has 0 N–H and O–H groups in total. The third-order valence-electron chi connectivity index (χ3n) is 5.96. The molecule has 0 amide bonds. The van der Waals surface area contributed by atoms with Crippen LogP contribution in [0, 0.1) is 26.8 Å². The molecule has 0 bridgehead atoms. The molecule has 3 heterocycles. The molecule has 176 valence electrons. The Morgan fingerprint density at radius 2 is 1.60 bits per heavy atom. The van der Waals surface area contributed by atoms with Crippen LogP contribution in [-0.4, -0.2) is 19.3 Å². The molecular weight excluding hydrogens is 615 g/mol. The van der Waals surface area contributed by atoms with Crippen LogP contribution >= 0.6 is 0 Å². The molecule has 0 aliphatic carbocycles. The molecule has 0 aliphatic rings. The predicted octanol–water partition coefficient (Wildman–Crippen LogP) is 6.88. The number of aryl methyl sites for hydroxylation is 3. The molecule has 0 saturated heterocycles. The zero-order valence-electron chi connectivity index (χ0n) is 19.6. The molecule has 5 nitrogen and oxygen atoms in total. The Morgan fingerprint density at radius 3 is 2.40 bits per heavy atom. The topological polar surface area (TPSA) is 44.9 Å². The van der Waals surface area contributed by atoms with E-state index in [2.05, 4.69) is 52.1 Å². The van der Waals surface area contributed by atoms with E-state index in [1.54, 1.807) is 0 Å². The van der Waals surface area contributed by atoms with E-state index in [0.29, 0.717) is 5.75 Å². The van der Waals surface area contributed by atoms with Gasteiger partial charge in [-0.3, -0.25) is 0 Å². The predicted molar refractivity (Wildman–Crippen MR) is 135 cm³/mol. The van der Waals surface area contributed by atoms with Crippen molar-refractivity contribution in [2.24, 2.45) is 0 Å². The van der Waals surface area contributed by atoms with Gasteiger partial charge >= 0.3 is 0 Å². The van der Waals surface area contributed by atoms with Crippen molar-refractivity contribution in [2.75, 3.05) is 0 Å². The first-order chi connectivity index (χ1) is 16.6. The van der Waals surface area contributed by atoms with E-state index in [4.69, 9.17) is 9.72 Å². The van der Waals surface area contributed by atoms with Crippen LogP contribution < -0.4 is 4.74 Å². The summed E-state index contributed by atoms with van der Waals surface area (Å²) in [6.07, 6.45) is 0. The Kier molecular flexibility index (Phi) is 6.04. The van der Waals surface area contributed by atoms with Gasteiger partial charge in [0.25, 0.3) is 0 Å². The molecule has 3 aromatic heterocycles. The van der Waals surface area contributed by atoms with E-state index in [1.165, 1.54) is 0 Å². The Morgan fingerprint density at radius 1 is 0.771 bits per heavy atom. The van der Waals surface area contributed by atoms with Crippen molar-refractivity contribution in [3.05, 3.63) is 108 Å². The zero-order valence-corrected chi connectivity index (χ0v) is 21.9. The van der Waals surface area contributed by atoms with Gasteiger partial charge in [0.05, 0.1) is 11.4 Å². The molecule has 6 rings (SSSR count). The van der Waals surface area contributed by atoms with Crippen LogP contribution in [0.25, 0.3) is 33.3 Å². The average Bonchev–Trinajstić information content (AvgIpc) is 3.35. The molecule has 35 heavy (non-hydrogen) atoms. The van der Waals surface area contributed by atoms with Crippen molar-refractivity contribution in [1.29, 1.82) is 0 Å². The zero-order chi connectivity index (χ0) is 23.2. The summed E-state index contributed by atoms with van der Waals surface area (Å²) in [7, 11) is 0. The SMILES string of the molecule is Cc1cccc(-n2c3[c-]c(Oc4cccc(-n5nc(C)cc5C)c4)ccc3c3ccccc32)n1.[Pt]. The second-order valence-corrected chi connectivity index (χ2v) is 8.51. The molecule has 0 fully saturated rings. The number of aromatic nitrogens is 4. The van der Waals surface area contributed by atoms with E-state index in [9.17, 15) is 0 Å². The first kappa shape index (κ1) is 23.1. The molecule has 3 aromatic carbocycles. The normalized spacial score (nSPS) is 11.1. The summed E-state index contributed by atoms with van der Waals surface area (Å²) >= 11 is 0. The summed E-state index contributed by atoms with van der Waals surface area (Å²) in [6.45, 7) is 6.05. The summed E-state index contributed by atoms with van der Waals surface area (Å²) in [6, 6.07) is 32.0. The average molecular weight is 639 g/mol. The standard InChI is InChI=1S/C29H23N4O.Pt/c1-19-8-6-13-29(30-19)32-27-12-5-4-11-25(27)26-15-14-24(18-28(26)32)34-23-10-7-9-22(17-23)33-21(3)16-20(2)31-33;/h4-17H,1-3H3;/q-1;. The van der Waals surface area contributed by atoms with Gasteiger partial charge in [-0.2, -0.15) is 11.2 Å². The largest absolute Gasteiger partial charge is 0.483 e. The van der Waals surface area contributed by atoms with Crippen LogP contribution in [0.1, 0.15) is 17.1 Å². The van der Waals surface area contributed by atoms with Gasteiger partial charge in [0.15, 0.2) is 0 Å². The van der Waals surface area contributed by atoms with E-state index >= 15 is 0 Å². The number of pyridine rings is 1. The summed E-state index contributed by atoms with van der Waals surface area (Å²) in [5, 5.41) is 6.86. The molecule has 6 heteroatoms. The van der Waals surface area contributed by atoms with Gasteiger partial charge in [-0.15, -0.1) is 17.5 Å². The molecule has 0 atom stereocenters. The van der Waals surface area contributed by atoms with Crippen molar-refractivity contribution < 1.29 is 25.8 Å². The number of nitrogens with zero attached hydrogens (tertiary/aromatic N) is 4. The maximum atomic E-state index is 6.28. The Balaban J connectivity index is 0.00000253. The monoisotopic (exact) mass is 638 g/mol. The van der Waals surface area contributed by atoms with Gasteiger partial charge in [-0.25, -0.2) is 9.67 Å². The van der Waals surface area contributed by atoms with Crippen LogP contribution in [0.3, 0.4) is 0 Å². The van der Waals surface area contributed by atoms with Crippen LogP contribution in [0.4, 0.5) is 0 Å². The summed E-state index contributed by atoms with van der Waals surface area (Å²) < 4.78 is 10.4. The second-order valence-electron chi connectivity index (χ2n) is 8.51. The second kappa shape index (κ2) is 9.16. The van der Waals surface area contributed by atoms with Gasteiger partial charge in [-0.1, -0.05) is 35.8 Å². The fourth-order valence-electron chi connectivity index (χ4n) is 4.52. The Bertz CT molecular complexity index is 1680. The minimum Gasteiger partial charge on any atom is -0.483 e. The fraction of sp³-hybridized carbons (Fsp3) is 0.103. The fourth-order valence-corrected chi connectivity index (χ4v) is 4.52. The smallest absolute Gasteiger partial charge is 0.135 e. The quantitative estimate of drug-likeness (QED) is 0.198. The van der Waals surface area contributed by atoms with Gasteiger partial charge in [0.2, 0.25) is 0 Å². The van der Waals surface area contributed by atoms with E-state index in [0.717, 1.165) is 56.1 Å². The van der Waals surface area contributed by atoms with Crippen LogP contribution in [0.15, 0.2) is 84.9 Å². The Hall–Kier alpha value is -3.69. The number of benzene rings is 3. The summed E-state index contributed by atoms with van der Waals surface area (Å²) in [5.74, 6) is 2.25. The van der Waals surface area contributed by atoms with Crippen molar-refractivity contribution >= 4 is 21.8 Å². The number of hydrogen-bond donors (Lipinski definition) is 0. The van der Waals surface area contributed by atoms with Crippen LogP contribution in [-0.2, 0) is 21.1 Å². The summed E-state index contributed by atoms with van der Waals surface area (Å²) in [4.78, 5) is 4.78. The molecule has 0 unspecified atom stereocenters. The van der Waals surface area contributed by atoms with Gasteiger partial charge < -0.3 is 9.30 Å². The van der Waals surface area contributed by atoms with Gasteiger partial charge in [0.1, 0.15) is 11.6 Å². The maximum absolute atomic E-state index is 6.28. The molecule has 0 spiro atoms. The van der Waals surface area contributed by atoms with Crippen LogP contribution in [0.5, 0.6) is 11.5 Å². The number of ether oxygens (including phenoxy) is 1. The molecular formula is C29H23N4OPt-. The van der Waals surface area contributed by atoms with E-state index in [1.807, 2.05) is 74.0 Å². The van der Waals surface area contributed by atoms with Crippen molar-refractivity contribution in [1.82, 2.24) is 19.3 Å². The van der Waals surface area contributed by atoms with Crippen molar-refractivity contribution in [2.45, 2.75) is 20.8 Å². The number of fused-ring (bicyclic) bond motifs is 3. The van der Waals surface area contributed by atoms with E-state index in [-0.39, 0.29) is 21.1 Å². The minimum atomic E-state index is 0. The van der Waals surface area contributed by atoms with Crippen molar-refractivity contribution in [3.8, 4) is 23.0 Å². The van der Waals surface area contributed by atoms with E-state index < -0.39 is 0 Å². The third-order valence-corrected chi connectivity index (χ3v) is 5.96.